The maximum Gasteiger partial charge on any atom is 0.226 e. The fourth-order valence-corrected chi connectivity index (χ4v) is 6.17. The van der Waals surface area contributed by atoms with Gasteiger partial charge in [-0.2, -0.15) is 0 Å². The highest BCUT2D eigenvalue weighted by molar-refractivity contribution is 5.55. The van der Waals surface area contributed by atoms with Crippen LogP contribution >= 0.6 is 0 Å². The summed E-state index contributed by atoms with van der Waals surface area (Å²) in [6.45, 7) is 9.15. The standard InChI is InChI=1S/C19H25NO3.C19H23NO3/c2*1-13-6-8-16(9-7-13)19-20-18(14(2)23-19)12-22-17-5-3-4-15(10-17)11-21/h6-9,15,17,21H,3-5,10-12H2,1-2H3;6-9,11,15,17H,3-5,10,12H2,1-2H3. The Labute approximate surface area is 272 Å². The minimum Gasteiger partial charge on any atom is -0.441 e. The number of aldehydes is 1. The summed E-state index contributed by atoms with van der Waals surface area (Å²) in [6, 6.07) is 16.3. The molecule has 2 saturated carbocycles. The number of hydrogen-bond donors (Lipinski definition) is 1. The van der Waals surface area contributed by atoms with Gasteiger partial charge in [0.2, 0.25) is 11.8 Å². The van der Waals surface area contributed by atoms with Gasteiger partial charge >= 0.3 is 0 Å². The first-order valence-electron chi connectivity index (χ1n) is 16.7. The summed E-state index contributed by atoms with van der Waals surface area (Å²) in [6.07, 6.45) is 9.57. The van der Waals surface area contributed by atoms with E-state index in [1.807, 2.05) is 50.2 Å². The molecule has 1 N–H and O–H groups in total. The molecule has 2 heterocycles. The first-order valence-corrected chi connectivity index (χ1v) is 16.7. The Bertz CT molecular complexity index is 1520. The number of nitrogens with zero attached hydrogens (tertiary/aromatic N) is 2. The number of aliphatic hydroxyl groups excluding tert-OH is 1. The van der Waals surface area contributed by atoms with Gasteiger partial charge in [-0.05, 0) is 96.4 Å². The van der Waals surface area contributed by atoms with E-state index in [1.54, 1.807) is 0 Å². The number of benzene rings is 2. The van der Waals surface area contributed by atoms with Gasteiger partial charge in [-0.3, -0.25) is 0 Å². The molecule has 0 amide bonds. The zero-order valence-corrected chi connectivity index (χ0v) is 27.7. The third-order valence-electron chi connectivity index (χ3n) is 9.15. The second kappa shape index (κ2) is 16.3. The lowest BCUT2D eigenvalue weighted by Crippen LogP contribution is -2.24. The third kappa shape index (κ3) is 9.24. The van der Waals surface area contributed by atoms with Crippen LogP contribution in [-0.2, 0) is 27.5 Å². The molecule has 46 heavy (non-hydrogen) atoms. The fraction of sp³-hybridized carbons (Fsp3) is 0.500. The third-order valence-corrected chi connectivity index (χ3v) is 9.15. The summed E-state index contributed by atoms with van der Waals surface area (Å²) < 4.78 is 23.6. The summed E-state index contributed by atoms with van der Waals surface area (Å²) in [5.41, 5.74) is 6.10. The van der Waals surface area contributed by atoms with Gasteiger partial charge in [-0.1, -0.05) is 48.2 Å². The molecule has 2 aliphatic carbocycles. The van der Waals surface area contributed by atoms with Gasteiger partial charge in [0, 0.05) is 23.7 Å². The Morgan fingerprint density at radius 2 is 1.20 bits per heavy atom. The van der Waals surface area contributed by atoms with E-state index in [-0.39, 0.29) is 24.7 Å². The molecule has 0 radical (unpaired) electrons. The molecule has 8 heteroatoms. The van der Waals surface area contributed by atoms with Gasteiger partial charge in [0.05, 0.1) is 25.4 Å². The molecule has 0 aliphatic heterocycles. The van der Waals surface area contributed by atoms with Crippen LogP contribution in [0.1, 0.15) is 85.4 Å². The highest BCUT2D eigenvalue weighted by Gasteiger charge is 2.24. The van der Waals surface area contributed by atoms with Gasteiger partial charge in [0.15, 0.2) is 0 Å². The average Bonchev–Trinajstić information content (AvgIpc) is 3.65. The minimum absolute atomic E-state index is 0.148. The minimum atomic E-state index is 0.148. The second-order valence-electron chi connectivity index (χ2n) is 12.9. The first kappa shape index (κ1) is 33.8. The normalized spacial score (nSPS) is 21.4. The van der Waals surface area contributed by atoms with Crippen molar-refractivity contribution in [1.82, 2.24) is 9.97 Å². The van der Waals surface area contributed by atoms with Gasteiger partial charge in [0.1, 0.15) is 29.2 Å². The number of aromatic nitrogens is 2. The summed E-state index contributed by atoms with van der Waals surface area (Å²) in [7, 11) is 0. The van der Waals surface area contributed by atoms with E-state index in [2.05, 4.69) is 35.9 Å². The van der Waals surface area contributed by atoms with Crippen molar-refractivity contribution in [3.8, 4) is 22.9 Å². The summed E-state index contributed by atoms with van der Waals surface area (Å²) in [5.74, 6) is 3.43. The lowest BCUT2D eigenvalue weighted by Gasteiger charge is -2.27. The molecule has 2 fully saturated rings. The van der Waals surface area contributed by atoms with Crippen molar-refractivity contribution in [2.45, 2.75) is 104 Å². The number of oxazole rings is 2. The van der Waals surface area contributed by atoms with Crippen LogP contribution in [-0.4, -0.2) is 40.2 Å². The molecule has 4 unspecified atom stereocenters. The van der Waals surface area contributed by atoms with Crippen LogP contribution in [0.5, 0.6) is 0 Å². The van der Waals surface area contributed by atoms with Gasteiger partial charge in [0.25, 0.3) is 0 Å². The maximum absolute atomic E-state index is 10.9. The van der Waals surface area contributed by atoms with E-state index >= 15 is 0 Å². The van der Waals surface area contributed by atoms with E-state index < -0.39 is 0 Å². The largest absolute Gasteiger partial charge is 0.441 e. The molecule has 246 valence electrons. The van der Waals surface area contributed by atoms with Crippen molar-refractivity contribution in [3.63, 3.8) is 0 Å². The van der Waals surface area contributed by atoms with Crippen LogP contribution in [0.25, 0.3) is 22.9 Å². The Balaban J connectivity index is 0.000000181. The van der Waals surface area contributed by atoms with Crippen molar-refractivity contribution >= 4 is 6.29 Å². The lowest BCUT2D eigenvalue weighted by molar-refractivity contribution is -0.114. The molecule has 2 aliphatic rings. The summed E-state index contributed by atoms with van der Waals surface area (Å²) in [5, 5.41) is 9.30. The average molecular weight is 629 g/mol. The molecular formula is C38H48N2O6. The highest BCUT2D eigenvalue weighted by atomic mass is 16.5. The zero-order chi connectivity index (χ0) is 32.5. The van der Waals surface area contributed by atoms with Crippen molar-refractivity contribution in [2.24, 2.45) is 11.8 Å². The maximum atomic E-state index is 10.9. The number of ether oxygens (including phenoxy) is 2. The topological polar surface area (TPSA) is 108 Å². The Kier molecular flexibility index (Phi) is 12.0. The molecule has 0 saturated heterocycles. The fourth-order valence-electron chi connectivity index (χ4n) is 6.17. The first-order chi connectivity index (χ1) is 22.3. The molecular weight excluding hydrogens is 580 g/mol. The smallest absolute Gasteiger partial charge is 0.226 e. The van der Waals surface area contributed by atoms with Gasteiger partial charge < -0.3 is 28.2 Å². The van der Waals surface area contributed by atoms with Crippen molar-refractivity contribution in [3.05, 3.63) is 82.6 Å². The number of aliphatic hydroxyl groups is 1. The van der Waals surface area contributed by atoms with E-state index in [0.29, 0.717) is 30.9 Å². The Hall–Kier alpha value is -3.59. The summed E-state index contributed by atoms with van der Waals surface area (Å²) >= 11 is 0. The molecule has 2 aromatic heterocycles. The van der Waals surface area contributed by atoms with Crippen LogP contribution in [0, 0.1) is 39.5 Å². The molecule has 4 aromatic rings. The molecule has 0 spiro atoms. The number of carbonyl (C=O) groups excluding carboxylic acids is 1. The van der Waals surface area contributed by atoms with Crippen molar-refractivity contribution < 1.29 is 28.2 Å². The molecule has 6 rings (SSSR count). The zero-order valence-electron chi connectivity index (χ0n) is 27.7. The predicted molar refractivity (Wildman–Crippen MR) is 177 cm³/mol. The van der Waals surface area contributed by atoms with Crippen molar-refractivity contribution in [1.29, 1.82) is 0 Å². The van der Waals surface area contributed by atoms with E-state index in [0.717, 1.165) is 91.7 Å². The van der Waals surface area contributed by atoms with Crippen LogP contribution in [0.2, 0.25) is 0 Å². The van der Waals surface area contributed by atoms with E-state index in [9.17, 15) is 9.90 Å². The number of aryl methyl sites for hydroxylation is 4. The second-order valence-corrected chi connectivity index (χ2v) is 12.9. The van der Waals surface area contributed by atoms with Gasteiger partial charge in [-0.15, -0.1) is 0 Å². The molecule has 2 aromatic carbocycles. The van der Waals surface area contributed by atoms with E-state index in [1.165, 1.54) is 11.1 Å². The van der Waals surface area contributed by atoms with E-state index in [4.69, 9.17) is 18.3 Å². The monoisotopic (exact) mass is 628 g/mol. The molecule has 0 bridgehead atoms. The lowest BCUT2D eigenvalue weighted by atomic mass is 9.88. The van der Waals surface area contributed by atoms with Crippen molar-refractivity contribution in [2.75, 3.05) is 6.61 Å². The highest BCUT2D eigenvalue weighted by Crippen LogP contribution is 2.29. The van der Waals surface area contributed by atoms with Crippen LogP contribution < -0.4 is 0 Å². The Morgan fingerprint density at radius 1 is 0.717 bits per heavy atom. The summed E-state index contributed by atoms with van der Waals surface area (Å²) in [4.78, 5) is 20.1. The van der Waals surface area contributed by atoms with Gasteiger partial charge in [-0.25, -0.2) is 9.97 Å². The SMILES string of the molecule is Cc1ccc(-c2nc(COC3CCCC(C=O)C3)c(C)o2)cc1.Cc1ccc(-c2nc(COC3CCCC(CO)C3)c(C)o2)cc1. The molecule has 8 nitrogen and oxygen atoms in total. The van der Waals surface area contributed by atoms with Crippen LogP contribution in [0.4, 0.5) is 0 Å². The number of hydrogen-bond acceptors (Lipinski definition) is 8. The predicted octanol–water partition coefficient (Wildman–Crippen LogP) is 8.26. The molecule has 4 atom stereocenters. The number of rotatable bonds is 10. The quantitative estimate of drug-likeness (QED) is 0.175. The van der Waals surface area contributed by atoms with Crippen LogP contribution in [0.3, 0.4) is 0 Å². The Morgan fingerprint density at radius 3 is 1.67 bits per heavy atom. The number of carbonyl (C=O) groups is 1. The van der Waals surface area contributed by atoms with Crippen LogP contribution in [0.15, 0.2) is 57.4 Å².